The smallest absolute Gasteiger partial charge is 0.119 e. The fourth-order valence-corrected chi connectivity index (χ4v) is 2.72. The van der Waals surface area contributed by atoms with Gasteiger partial charge in [0.25, 0.3) is 0 Å². The summed E-state index contributed by atoms with van der Waals surface area (Å²) in [5, 5.41) is 3.34. The molecule has 0 aliphatic carbocycles. The number of benzene rings is 1. The second-order valence-electron chi connectivity index (χ2n) is 3.98. The summed E-state index contributed by atoms with van der Waals surface area (Å²) in [7, 11) is 0.892. The second kappa shape index (κ2) is 7.13. The molecule has 5 heteroatoms. The van der Waals surface area contributed by atoms with Gasteiger partial charge in [-0.15, -0.1) is 0 Å². The van der Waals surface area contributed by atoms with Crippen LogP contribution in [0.2, 0.25) is 0 Å². The lowest BCUT2D eigenvalue weighted by atomic mass is 10.2. The molecule has 0 saturated heterocycles. The van der Waals surface area contributed by atoms with Gasteiger partial charge in [-0.1, -0.05) is 15.9 Å². The monoisotopic (exact) mass is 319 g/mol. The lowest BCUT2D eigenvalue weighted by Gasteiger charge is -2.13. The molecule has 1 N–H and O–H groups in total. The van der Waals surface area contributed by atoms with Crippen LogP contribution in [0.4, 0.5) is 0 Å². The maximum Gasteiger partial charge on any atom is 0.119 e. The average Bonchev–Trinajstić information content (AvgIpc) is 2.27. The molecule has 0 aliphatic rings. The molecule has 0 saturated carbocycles. The Morgan fingerprint density at radius 1 is 1.53 bits per heavy atom. The van der Waals surface area contributed by atoms with Crippen LogP contribution in [0.1, 0.15) is 12.5 Å². The standard InChI is InChI=1S/C12H18BrNO2S/c1-9(8-17(3)15)14-7-10-6-11(16-2)4-5-12(10)13/h4-6,9,14H,7-8H2,1-3H3. The quantitative estimate of drug-likeness (QED) is 0.874. The molecule has 17 heavy (non-hydrogen) atoms. The van der Waals surface area contributed by atoms with Crippen LogP contribution in [-0.4, -0.2) is 29.4 Å². The predicted octanol–water partition coefficient (Wildman–Crippen LogP) is 2.31. The SMILES string of the molecule is COc1ccc(Br)c(CNC(C)CS(C)=O)c1. The first-order valence-electron chi connectivity index (χ1n) is 5.38. The van der Waals surface area contributed by atoms with Crippen LogP contribution < -0.4 is 10.1 Å². The van der Waals surface area contributed by atoms with Crippen LogP contribution in [0, 0.1) is 0 Å². The summed E-state index contributed by atoms with van der Waals surface area (Å²) in [4.78, 5) is 0. The van der Waals surface area contributed by atoms with Crippen molar-refractivity contribution in [2.75, 3.05) is 19.1 Å². The maximum absolute atomic E-state index is 11.1. The molecule has 1 aromatic carbocycles. The van der Waals surface area contributed by atoms with Crippen LogP contribution >= 0.6 is 15.9 Å². The summed E-state index contributed by atoms with van der Waals surface area (Å²) in [6.07, 6.45) is 1.72. The van der Waals surface area contributed by atoms with E-state index in [0.29, 0.717) is 5.75 Å². The van der Waals surface area contributed by atoms with Crippen molar-refractivity contribution in [3.8, 4) is 5.75 Å². The molecule has 0 spiro atoms. The number of methoxy groups -OCH3 is 1. The van der Waals surface area contributed by atoms with E-state index in [0.717, 1.165) is 22.3 Å². The summed E-state index contributed by atoms with van der Waals surface area (Å²) in [5.41, 5.74) is 1.14. The van der Waals surface area contributed by atoms with Gasteiger partial charge in [0.1, 0.15) is 5.75 Å². The molecule has 0 heterocycles. The van der Waals surface area contributed by atoms with Crippen LogP contribution in [0.25, 0.3) is 0 Å². The number of halogens is 1. The third-order valence-corrected chi connectivity index (χ3v) is 4.12. The van der Waals surface area contributed by atoms with Crippen LogP contribution in [0.5, 0.6) is 5.75 Å². The molecule has 3 nitrogen and oxygen atoms in total. The molecule has 2 atom stereocenters. The molecule has 96 valence electrons. The van der Waals surface area contributed by atoms with Crippen molar-refractivity contribution in [3.05, 3.63) is 28.2 Å². The first-order chi connectivity index (χ1) is 8.02. The topological polar surface area (TPSA) is 38.3 Å². The first kappa shape index (κ1) is 14.7. The lowest BCUT2D eigenvalue weighted by molar-refractivity contribution is 0.413. The molecule has 0 radical (unpaired) electrons. The zero-order valence-corrected chi connectivity index (χ0v) is 12.7. The second-order valence-corrected chi connectivity index (χ2v) is 6.31. The number of nitrogens with one attached hydrogen (secondary N) is 1. The van der Waals surface area contributed by atoms with E-state index in [-0.39, 0.29) is 6.04 Å². The van der Waals surface area contributed by atoms with Crippen molar-refractivity contribution >= 4 is 26.7 Å². The minimum atomic E-state index is -0.764. The molecular formula is C12H18BrNO2S. The minimum absolute atomic E-state index is 0.235. The van der Waals surface area contributed by atoms with Crippen molar-refractivity contribution in [2.45, 2.75) is 19.5 Å². The van der Waals surface area contributed by atoms with E-state index in [1.807, 2.05) is 25.1 Å². The van der Waals surface area contributed by atoms with Gasteiger partial charge in [-0.25, -0.2) is 0 Å². The average molecular weight is 320 g/mol. The number of ether oxygens (including phenoxy) is 1. The van der Waals surface area contributed by atoms with E-state index >= 15 is 0 Å². The van der Waals surface area contributed by atoms with E-state index in [9.17, 15) is 4.21 Å². The zero-order chi connectivity index (χ0) is 12.8. The molecular weight excluding hydrogens is 302 g/mol. The van der Waals surface area contributed by atoms with Gasteiger partial charge in [0.2, 0.25) is 0 Å². The number of rotatable bonds is 6. The van der Waals surface area contributed by atoms with Gasteiger partial charge in [0.15, 0.2) is 0 Å². The summed E-state index contributed by atoms with van der Waals surface area (Å²) in [6, 6.07) is 6.11. The Morgan fingerprint density at radius 2 is 2.24 bits per heavy atom. The summed E-state index contributed by atoms with van der Waals surface area (Å²) in [6.45, 7) is 2.77. The Hall–Kier alpha value is -0.390. The Morgan fingerprint density at radius 3 is 2.82 bits per heavy atom. The van der Waals surface area contributed by atoms with Gasteiger partial charge in [-0.3, -0.25) is 4.21 Å². The fourth-order valence-electron chi connectivity index (χ4n) is 1.51. The van der Waals surface area contributed by atoms with Crippen LogP contribution in [-0.2, 0) is 17.3 Å². The minimum Gasteiger partial charge on any atom is -0.497 e. The molecule has 0 aromatic heterocycles. The van der Waals surface area contributed by atoms with Crippen LogP contribution in [0.3, 0.4) is 0 Å². The van der Waals surface area contributed by atoms with E-state index in [4.69, 9.17) is 4.74 Å². The third-order valence-electron chi connectivity index (χ3n) is 2.38. The van der Waals surface area contributed by atoms with Gasteiger partial charge in [0.05, 0.1) is 7.11 Å². The van der Waals surface area contributed by atoms with E-state index in [1.165, 1.54) is 0 Å². The summed E-state index contributed by atoms with van der Waals surface area (Å²) >= 11 is 3.51. The maximum atomic E-state index is 11.1. The highest BCUT2D eigenvalue weighted by Crippen LogP contribution is 2.22. The molecule has 0 bridgehead atoms. The molecule has 1 aromatic rings. The van der Waals surface area contributed by atoms with E-state index < -0.39 is 10.8 Å². The largest absolute Gasteiger partial charge is 0.497 e. The molecule has 0 fully saturated rings. The highest BCUT2D eigenvalue weighted by Gasteiger charge is 2.06. The van der Waals surface area contributed by atoms with Gasteiger partial charge in [-0.05, 0) is 30.7 Å². The Kier molecular flexibility index (Phi) is 6.16. The predicted molar refractivity (Wildman–Crippen MR) is 75.9 cm³/mol. The first-order valence-corrected chi connectivity index (χ1v) is 7.90. The van der Waals surface area contributed by atoms with Gasteiger partial charge >= 0.3 is 0 Å². The van der Waals surface area contributed by atoms with Gasteiger partial charge < -0.3 is 10.1 Å². The van der Waals surface area contributed by atoms with Crippen LogP contribution in [0.15, 0.2) is 22.7 Å². The molecule has 1 rings (SSSR count). The number of hydrogen-bond donors (Lipinski definition) is 1. The molecule has 2 unspecified atom stereocenters. The summed E-state index contributed by atoms with van der Waals surface area (Å²) in [5.74, 6) is 1.51. The normalized spacial score (nSPS) is 14.4. The molecule has 0 amide bonds. The van der Waals surface area contributed by atoms with Crippen molar-refractivity contribution < 1.29 is 8.95 Å². The van der Waals surface area contributed by atoms with Crippen molar-refractivity contribution in [2.24, 2.45) is 0 Å². The summed E-state index contributed by atoms with van der Waals surface area (Å²) < 4.78 is 17.3. The van der Waals surface area contributed by atoms with E-state index in [2.05, 4.69) is 21.2 Å². The van der Waals surface area contributed by atoms with E-state index in [1.54, 1.807) is 13.4 Å². The van der Waals surface area contributed by atoms with Crippen molar-refractivity contribution in [1.29, 1.82) is 0 Å². The highest BCUT2D eigenvalue weighted by atomic mass is 79.9. The highest BCUT2D eigenvalue weighted by molar-refractivity contribution is 9.10. The molecule has 0 aliphatic heterocycles. The van der Waals surface area contributed by atoms with Crippen molar-refractivity contribution in [3.63, 3.8) is 0 Å². The Balaban J connectivity index is 2.59. The Labute approximate surface area is 114 Å². The lowest BCUT2D eigenvalue weighted by Crippen LogP contribution is -2.30. The Bertz CT molecular complexity index is 398. The van der Waals surface area contributed by atoms with Crippen molar-refractivity contribution in [1.82, 2.24) is 5.32 Å². The van der Waals surface area contributed by atoms with Gasteiger partial charge in [-0.2, -0.15) is 0 Å². The number of hydrogen-bond acceptors (Lipinski definition) is 3. The fraction of sp³-hybridized carbons (Fsp3) is 0.500. The zero-order valence-electron chi connectivity index (χ0n) is 10.3. The van der Waals surface area contributed by atoms with Gasteiger partial charge in [0, 0.05) is 39.9 Å². The third kappa shape index (κ3) is 5.19.